The molecule has 2 aromatic heterocycles. The van der Waals surface area contributed by atoms with E-state index < -0.39 is 0 Å². The predicted molar refractivity (Wildman–Crippen MR) is 111 cm³/mol. The van der Waals surface area contributed by atoms with Gasteiger partial charge in [-0.1, -0.05) is 23.8 Å². The van der Waals surface area contributed by atoms with Crippen molar-refractivity contribution in [2.75, 3.05) is 18.4 Å². The lowest BCUT2D eigenvalue weighted by Crippen LogP contribution is -2.42. The van der Waals surface area contributed by atoms with Gasteiger partial charge in [0.1, 0.15) is 11.5 Å². The molecule has 3 aromatic rings. The van der Waals surface area contributed by atoms with Crippen LogP contribution < -0.4 is 5.32 Å². The Bertz CT molecular complexity index is 980. The van der Waals surface area contributed by atoms with E-state index in [0.717, 1.165) is 42.1 Å². The first-order valence-electron chi connectivity index (χ1n) is 10.1. The first-order valence-corrected chi connectivity index (χ1v) is 10.1. The fourth-order valence-electron chi connectivity index (χ4n) is 3.97. The Morgan fingerprint density at radius 2 is 2.21 bits per heavy atom. The van der Waals surface area contributed by atoms with Crippen LogP contribution in [0.2, 0.25) is 0 Å². The quantitative estimate of drug-likeness (QED) is 0.732. The van der Waals surface area contributed by atoms with E-state index in [2.05, 4.69) is 42.3 Å². The summed E-state index contributed by atoms with van der Waals surface area (Å²) in [5, 5.41) is 3.46. The number of carbonyl (C=O) groups excluding carboxylic acids is 1. The Morgan fingerprint density at radius 3 is 3.04 bits per heavy atom. The maximum absolute atomic E-state index is 12.7. The van der Waals surface area contributed by atoms with E-state index in [1.54, 1.807) is 12.4 Å². The van der Waals surface area contributed by atoms with Crippen LogP contribution in [0.1, 0.15) is 38.2 Å². The normalized spacial score (nSPS) is 17.1. The van der Waals surface area contributed by atoms with E-state index in [4.69, 9.17) is 4.98 Å². The number of aromatic nitrogens is 3. The number of nitrogens with zero attached hydrogens (tertiary/aromatic N) is 4. The number of aryl methyl sites for hydroxylation is 1. The van der Waals surface area contributed by atoms with Gasteiger partial charge in [0, 0.05) is 43.5 Å². The highest BCUT2D eigenvalue weighted by Crippen LogP contribution is 2.29. The molecule has 0 unspecified atom stereocenters. The molecule has 0 saturated carbocycles. The van der Waals surface area contributed by atoms with Gasteiger partial charge in [0.15, 0.2) is 5.65 Å². The lowest BCUT2D eigenvalue weighted by Gasteiger charge is -2.33. The van der Waals surface area contributed by atoms with Crippen LogP contribution in [-0.2, 0) is 4.79 Å². The summed E-state index contributed by atoms with van der Waals surface area (Å²) in [5.74, 6) is 1.13. The van der Waals surface area contributed by atoms with Crippen molar-refractivity contribution >= 4 is 17.4 Å². The first-order chi connectivity index (χ1) is 13.6. The predicted octanol–water partition coefficient (Wildman–Crippen LogP) is 3.91. The Morgan fingerprint density at radius 1 is 1.32 bits per heavy atom. The Labute approximate surface area is 165 Å². The summed E-state index contributed by atoms with van der Waals surface area (Å²) in [4.78, 5) is 23.6. The molecule has 1 N–H and O–H groups in total. The van der Waals surface area contributed by atoms with Gasteiger partial charge in [-0.2, -0.15) is 0 Å². The van der Waals surface area contributed by atoms with E-state index in [1.165, 1.54) is 12.0 Å². The minimum absolute atomic E-state index is 0.229. The van der Waals surface area contributed by atoms with Crippen molar-refractivity contribution < 1.29 is 4.79 Å². The van der Waals surface area contributed by atoms with Gasteiger partial charge in [0.2, 0.25) is 5.91 Å². The number of likely N-dealkylation sites (tertiary alicyclic amines) is 1. The molecule has 1 fully saturated rings. The fraction of sp³-hybridized carbons (Fsp3) is 0.409. The van der Waals surface area contributed by atoms with Gasteiger partial charge in [0.05, 0.1) is 6.20 Å². The Kier molecular flexibility index (Phi) is 5.28. The zero-order chi connectivity index (χ0) is 19.5. The molecule has 3 heterocycles. The molecule has 1 aliphatic heterocycles. The highest BCUT2D eigenvalue weighted by Gasteiger charge is 2.23. The number of fused-ring (bicyclic) bond motifs is 1. The van der Waals surface area contributed by atoms with Crippen LogP contribution in [0, 0.1) is 6.92 Å². The van der Waals surface area contributed by atoms with Crippen LogP contribution in [0.3, 0.4) is 0 Å². The largest absolute Gasteiger partial charge is 0.369 e. The molecule has 0 aliphatic carbocycles. The van der Waals surface area contributed by atoms with Crippen LogP contribution >= 0.6 is 0 Å². The van der Waals surface area contributed by atoms with E-state index in [0.29, 0.717) is 19.0 Å². The maximum atomic E-state index is 12.7. The lowest BCUT2D eigenvalue weighted by molar-refractivity contribution is -0.134. The SMILES string of the molecule is Cc1cccc(-c2nc3cnccn3c2NCCC(=O)N2CCCC[C@@H]2C)c1. The van der Waals surface area contributed by atoms with E-state index in [9.17, 15) is 4.79 Å². The number of imidazole rings is 1. The van der Waals surface area contributed by atoms with Crippen molar-refractivity contribution in [2.24, 2.45) is 0 Å². The van der Waals surface area contributed by atoms with Crippen LogP contribution in [-0.4, -0.2) is 44.3 Å². The third-order valence-corrected chi connectivity index (χ3v) is 5.48. The van der Waals surface area contributed by atoms with Crippen LogP contribution in [0.15, 0.2) is 42.9 Å². The monoisotopic (exact) mass is 377 g/mol. The van der Waals surface area contributed by atoms with Crippen molar-refractivity contribution in [3.8, 4) is 11.3 Å². The number of benzene rings is 1. The lowest BCUT2D eigenvalue weighted by atomic mass is 10.0. The summed E-state index contributed by atoms with van der Waals surface area (Å²) in [6.07, 6.45) is 9.33. The van der Waals surface area contributed by atoms with Crippen LogP contribution in [0.25, 0.3) is 16.9 Å². The number of nitrogens with one attached hydrogen (secondary N) is 1. The molecule has 6 heteroatoms. The van der Waals surface area contributed by atoms with Crippen LogP contribution in [0.5, 0.6) is 0 Å². The van der Waals surface area contributed by atoms with Gasteiger partial charge >= 0.3 is 0 Å². The highest BCUT2D eigenvalue weighted by molar-refractivity contribution is 5.79. The summed E-state index contributed by atoms with van der Waals surface area (Å²) in [7, 11) is 0. The molecule has 1 saturated heterocycles. The number of hydrogen-bond donors (Lipinski definition) is 1. The van der Waals surface area contributed by atoms with Crippen molar-refractivity contribution in [3.05, 3.63) is 48.4 Å². The third-order valence-electron chi connectivity index (χ3n) is 5.48. The maximum Gasteiger partial charge on any atom is 0.224 e. The number of carbonyl (C=O) groups is 1. The number of anilines is 1. The molecule has 0 spiro atoms. The highest BCUT2D eigenvalue weighted by atomic mass is 16.2. The molecule has 28 heavy (non-hydrogen) atoms. The number of amides is 1. The van der Waals surface area contributed by atoms with Crippen molar-refractivity contribution in [1.29, 1.82) is 0 Å². The fourth-order valence-corrected chi connectivity index (χ4v) is 3.97. The summed E-state index contributed by atoms with van der Waals surface area (Å²) < 4.78 is 2.00. The zero-order valence-corrected chi connectivity index (χ0v) is 16.6. The molecule has 1 amide bonds. The molecular weight excluding hydrogens is 350 g/mol. The second-order valence-electron chi connectivity index (χ2n) is 7.59. The second-order valence-corrected chi connectivity index (χ2v) is 7.59. The number of hydrogen-bond acceptors (Lipinski definition) is 4. The minimum Gasteiger partial charge on any atom is -0.369 e. The Balaban J connectivity index is 1.54. The summed E-state index contributed by atoms with van der Waals surface area (Å²) in [5.41, 5.74) is 3.92. The average molecular weight is 377 g/mol. The molecule has 1 atom stereocenters. The van der Waals surface area contributed by atoms with Crippen molar-refractivity contribution in [2.45, 2.75) is 45.6 Å². The van der Waals surface area contributed by atoms with Crippen molar-refractivity contribution in [1.82, 2.24) is 19.3 Å². The van der Waals surface area contributed by atoms with E-state index in [1.807, 2.05) is 21.6 Å². The second kappa shape index (κ2) is 8.00. The van der Waals surface area contributed by atoms with Gasteiger partial charge in [-0.25, -0.2) is 4.98 Å². The molecule has 4 rings (SSSR count). The molecule has 1 aromatic carbocycles. The molecule has 0 bridgehead atoms. The number of piperidine rings is 1. The summed E-state index contributed by atoms with van der Waals surface area (Å²) >= 11 is 0. The van der Waals surface area contributed by atoms with Gasteiger partial charge in [0.25, 0.3) is 0 Å². The first kappa shape index (κ1) is 18.5. The molecule has 146 valence electrons. The average Bonchev–Trinajstić information content (AvgIpc) is 3.07. The third kappa shape index (κ3) is 3.72. The zero-order valence-electron chi connectivity index (χ0n) is 16.6. The topological polar surface area (TPSA) is 62.5 Å². The molecule has 6 nitrogen and oxygen atoms in total. The standard InChI is InChI=1S/C22H27N5O/c1-16-6-5-8-18(14-16)21-22(27-13-11-23-15-19(27)25-21)24-10-9-20(28)26-12-4-3-7-17(26)2/h5-6,8,11,13-15,17,24H,3-4,7,9-10,12H2,1-2H3/t17-/m0/s1. The molecular formula is C22H27N5O. The van der Waals surface area contributed by atoms with Gasteiger partial charge in [-0.05, 0) is 39.2 Å². The number of rotatable bonds is 5. The summed E-state index contributed by atoms with van der Waals surface area (Å²) in [6.45, 7) is 5.69. The van der Waals surface area contributed by atoms with Gasteiger partial charge in [-0.15, -0.1) is 0 Å². The van der Waals surface area contributed by atoms with Gasteiger partial charge < -0.3 is 10.2 Å². The molecule has 0 radical (unpaired) electrons. The minimum atomic E-state index is 0.229. The van der Waals surface area contributed by atoms with Crippen molar-refractivity contribution in [3.63, 3.8) is 0 Å². The smallest absolute Gasteiger partial charge is 0.224 e. The summed E-state index contributed by atoms with van der Waals surface area (Å²) in [6, 6.07) is 8.66. The van der Waals surface area contributed by atoms with E-state index >= 15 is 0 Å². The van der Waals surface area contributed by atoms with E-state index in [-0.39, 0.29) is 5.91 Å². The van der Waals surface area contributed by atoms with Gasteiger partial charge in [-0.3, -0.25) is 14.2 Å². The Hall–Kier alpha value is -2.89. The van der Waals surface area contributed by atoms with Crippen LogP contribution in [0.4, 0.5) is 5.82 Å². The molecule has 1 aliphatic rings.